The van der Waals surface area contributed by atoms with Gasteiger partial charge in [0.1, 0.15) is 5.82 Å². The fourth-order valence-corrected chi connectivity index (χ4v) is 3.78. The summed E-state index contributed by atoms with van der Waals surface area (Å²) in [5.74, 6) is -0.437. The Bertz CT molecular complexity index is 740. The Kier molecular flexibility index (Phi) is 5.07. The van der Waals surface area contributed by atoms with E-state index in [1.165, 1.54) is 36.1 Å². The molecule has 5 heteroatoms. The van der Waals surface area contributed by atoms with Crippen LogP contribution in [0.2, 0.25) is 5.02 Å². The molecule has 0 bridgehead atoms. The fraction of sp³-hybridized carbons (Fsp3) is 0.316. The second-order valence-electron chi connectivity index (χ2n) is 6.36. The Morgan fingerprint density at radius 2 is 1.79 bits per heavy atom. The van der Waals surface area contributed by atoms with Crippen LogP contribution in [0.3, 0.4) is 0 Å². The molecule has 1 aliphatic rings. The Morgan fingerprint density at radius 1 is 1.12 bits per heavy atom. The SMILES string of the molecule is Cc1ccc(C2(NC(=S)Nc3ccc(F)c(Cl)c3)CCCC2)cc1. The predicted molar refractivity (Wildman–Crippen MR) is 102 cm³/mol. The van der Waals surface area contributed by atoms with E-state index in [4.69, 9.17) is 23.8 Å². The first-order chi connectivity index (χ1) is 11.5. The standard InChI is InChI=1S/C19H20ClFN2S/c1-13-4-6-14(7-5-13)19(10-2-3-11-19)23-18(24)22-15-8-9-17(21)16(20)12-15/h4-9,12H,2-3,10-11H2,1H3,(H2,22,23,24). The monoisotopic (exact) mass is 362 g/mol. The molecule has 0 atom stereocenters. The number of benzene rings is 2. The smallest absolute Gasteiger partial charge is 0.171 e. The summed E-state index contributed by atoms with van der Waals surface area (Å²) in [6, 6.07) is 13.1. The van der Waals surface area contributed by atoms with Crippen LogP contribution >= 0.6 is 23.8 Å². The first-order valence-electron chi connectivity index (χ1n) is 8.10. The highest BCUT2D eigenvalue weighted by molar-refractivity contribution is 7.80. The van der Waals surface area contributed by atoms with Crippen LogP contribution in [0, 0.1) is 12.7 Å². The molecule has 2 nitrogen and oxygen atoms in total. The third kappa shape index (κ3) is 3.70. The van der Waals surface area contributed by atoms with Crippen molar-refractivity contribution in [2.75, 3.05) is 5.32 Å². The zero-order valence-corrected chi connectivity index (χ0v) is 15.1. The van der Waals surface area contributed by atoms with E-state index in [2.05, 4.69) is 41.8 Å². The van der Waals surface area contributed by atoms with Gasteiger partial charge in [-0.1, -0.05) is 54.3 Å². The van der Waals surface area contributed by atoms with Crippen LogP contribution in [0.15, 0.2) is 42.5 Å². The molecule has 2 aromatic carbocycles. The summed E-state index contributed by atoms with van der Waals surface area (Å²) in [6.07, 6.45) is 4.43. The zero-order chi connectivity index (χ0) is 17.2. The van der Waals surface area contributed by atoms with Gasteiger partial charge in [-0.15, -0.1) is 0 Å². The summed E-state index contributed by atoms with van der Waals surface area (Å²) in [4.78, 5) is 0. The molecule has 0 amide bonds. The van der Waals surface area contributed by atoms with Crippen LogP contribution in [0.25, 0.3) is 0 Å². The topological polar surface area (TPSA) is 24.1 Å². The van der Waals surface area contributed by atoms with Crippen molar-refractivity contribution in [1.82, 2.24) is 5.32 Å². The van der Waals surface area contributed by atoms with Gasteiger partial charge in [-0.3, -0.25) is 0 Å². The van der Waals surface area contributed by atoms with Crippen molar-refractivity contribution in [3.8, 4) is 0 Å². The second kappa shape index (κ2) is 7.08. The van der Waals surface area contributed by atoms with Gasteiger partial charge in [0.2, 0.25) is 0 Å². The minimum absolute atomic E-state index is 0.0805. The molecule has 0 saturated heterocycles. The molecular weight excluding hydrogens is 343 g/mol. The second-order valence-corrected chi connectivity index (χ2v) is 7.18. The molecular formula is C19H20ClFN2S. The molecule has 0 heterocycles. The average molecular weight is 363 g/mol. The predicted octanol–water partition coefficient (Wildman–Crippen LogP) is 5.54. The van der Waals surface area contributed by atoms with E-state index in [0.29, 0.717) is 10.8 Å². The van der Waals surface area contributed by atoms with Gasteiger partial charge in [0.15, 0.2) is 5.11 Å². The summed E-state index contributed by atoms with van der Waals surface area (Å²) in [7, 11) is 0. The lowest BCUT2D eigenvalue weighted by atomic mass is 9.88. The Balaban J connectivity index is 1.76. The minimum Gasteiger partial charge on any atom is -0.353 e. The van der Waals surface area contributed by atoms with E-state index in [1.54, 1.807) is 6.07 Å². The summed E-state index contributed by atoms with van der Waals surface area (Å²) in [5, 5.41) is 7.21. The van der Waals surface area contributed by atoms with Crippen molar-refractivity contribution >= 4 is 34.6 Å². The van der Waals surface area contributed by atoms with Gasteiger partial charge in [-0.25, -0.2) is 4.39 Å². The summed E-state index contributed by atoms with van der Waals surface area (Å²) in [6.45, 7) is 2.09. The lowest BCUT2D eigenvalue weighted by Crippen LogP contribution is -2.45. The molecule has 1 aliphatic carbocycles. The largest absolute Gasteiger partial charge is 0.353 e. The highest BCUT2D eigenvalue weighted by Gasteiger charge is 2.36. The van der Waals surface area contributed by atoms with Crippen LogP contribution < -0.4 is 10.6 Å². The van der Waals surface area contributed by atoms with Crippen molar-refractivity contribution in [3.05, 3.63) is 64.4 Å². The third-order valence-corrected chi connectivity index (χ3v) is 5.09. The molecule has 0 unspecified atom stereocenters. The molecule has 0 aliphatic heterocycles. The van der Waals surface area contributed by atoms with Crippen LogP contribution in [-0.4, -0.2) is 5.11 Å². The average Bonchev–Trinajstić information content (AvgIpc) is 3.01. The van der Waals surface area contributed by atoms with E-state index in [1.807, 2.05) is 0 Å². The molecule has 126 valence electrons. The molecule has 2 N–H and O–H groups in total. The van der Waals surface area contributed by atoms with Gasteiger partial charge in [-0.05, 0) is 55.7 Å². The molecule has 0 radical (unpaired) electrons. The Morgan fingerprint density at radius 3 is 2.42 bits per heavy atom. The van der Waals surface area contributed by atoms with Crippen molar-refractivity contribution in [1.29, 1.82) is 0 Å². The molecule has 3 rings (SSSR count). The maximum atomic E-state index is 13.3. The van der Waals surface area contributed by atoms with E-state index in [9.17, 15) is 4.39 Å². The Labute approximate surface area is 152 Å². The molecule has 0 spiro atoms. The Hall–Kier alpha value is -1.65. The zero-order valence-electron chi connectivity index (χ0n) is 13.5. The first kappa shape index (κ1) is 17.2. The van der Waals surface area contributed by atoms with E-state index in [-0.39, 0.29) is 10.6 Å². The molecule has 1 saturated carbocycles. The molecule has 1 fully saturated rings. The van der Waals surface area contributed by atoms with Crippen molar-refractivity contribution in [2.24, 2.45) is 0 Å². The van der Waals surface area contributed by atoms with Gasteiger partial charge in [0, 0.05) is 5.69 Å². The van der Waals surface area contributed by atoms with Crippen molar-refractivity contribution in [3.63, 3.8) is 0 Å². The number of thiocarbonyl (C=S) groups is 1. The van der Waals surface area contributed by atoms with Crippen molar-refractivity contribution < 1.29 is 4.39 Å². The van der Waals surface area contributed by atoms with Gasteiger partial charge in [0.05, 0.1) is 10.6 Å². The number of hydrogen-bond acceptors (Lipinski definition) is 1. The van der Waals surface area contributed by atoms with Gasteiger partial charge >= 0.3 is 0 Å². The van der Waals surface area contributed by atoms with E-state index >= 15 is 0 Å². The number of halogens is 2. The van der Waals surface area contributed by atoms with Gasteiger partial charge in [-0.2, -0.15) is 0 Å². The fourth-order valence-electron chi connectivity index (χ4n) is 3.29. The lowest BCUT2D eigenvalue weighted by molar-refractivity contribution is 0.408. The number of rotatable bonds is 3. The van der Waals surface area contributed by atoms with Crippen LogP contribution in [-0.2, 0) is 5.54 Å². The molecule has 24 heavy (non-hydrogen) atoms. The highest BCUT2D eigenvalue weighted by atomic mass is 35.5. The lowest BCUT2D eigenvalue weighted by Gasteiger charge is -2.32. The van der Waals surface area contributed by atoms with Gasteiger partial charge in [0.25, 0.3) is 0 Å². The van der Waals surface area contributed by atoms with Crippen LogP contribution in [0.1, 0.15) is 36.8 Å². The number of anilines is 1. The number of nitrogens with one attached hydrogen (secondary N) is 2. The minimum atomic E-state index is -0.437. The quantitative estimate of drug-likeness (QED) is 0.700. The summed E-state index contributed by atoms with van der Waals surface area (Å²) in [5.41, 5.74) is 3.04. The van der Waals surface area contributed by atoms with E-state index < -0.39 is 5.82 Å². The van der Waals surface area contributed by atoms with E-state index in [0.717, 1.165) is 12.8 Å². The maximum absolute atomic E-state index is 13.3. The summed E-state index contributed by atoms with van der Waals surface area (Å²) >= 11 is 11.3. The highest BCUT2D eigenvalue weighted by Crippen LogP contribution is 2.39. The van der Waals surface area contributed by atoms with Crippen LogP contribution in [0.5, 0.6) is 0 Å². The third-order valence-electron chi connectivity index (χ3n) is 4.59. The van der Waals surface area contributed by atoms with Gasteiger partial charge < -0.3 is 10.6 Å². The number of hydrogen-bond donors (Lipinski definition) is 2. The van der Waals surface area contributed by atoms with Crippen molar-refractivity contribution in [2.45, 2.75) is 38.1 Å². The summed E-state index contributed by atoms with van der Waals surface area (Å²) < 4.78 is 13.3. The van der Waals surface area contributed by atoms with Crippen LogP contribution in [0.4, 0.5) is 10.1 Å². The molecule has 0 aromatic heterocycles. The normalized spacial score (nSPS) is 16.0. The first-order valence-corrected chi connectivity index (χ1v) is 8.88. The maximum Gasteiger partial charge on any atom is 0.171 e. The number of aryl methyl sites for hydroxylation is 1. The molecule has 2 aromatic rings.